The lowest BCUT2D eigenvalue weighted by atomic mass is 10.2. The molecule has 0 bridgehead atoms. The molecule has 7 nitrogen and oxygen atoms in total. The fraction of sp³-hybridized carbons (Fsp3) is 0.438. The van der Waals surface area contributed by atoms with Gasteiger partial charge in [0, 0.05) is 39.8 Å². The normalized spacial score (nSPS) is 15.6. The maximum atomic E-state index is 12.3. The fourth-order valence-electron chi connectivity index (χ4n) is 2.68. The van der Waals surface area contributed by atoms with Crippen LogP contribution in [0.4, 0.5) is 0 Å². The van der Waals surface area contributed by atoms with Crippen LogP contribution in [0.15, 0.2) is 40.3 Å². The summed E-state index contributed by atoms with van der Waals surface area (Å²) in [5, 5.41) is 6.81. The molecule has 1 amide bonds. The molecule has 0 unspecified atom stereocenters. The molecule has 1 fully saturated rings. The average Bonchev–Trinajstić information content (AvgIpc) is 2.93. The summed E-state index contributed by atoms with van der Waals surface area (Å²) < 4.78 is 1.41. The van der Waals surface area contributed by atoms with Crippen molar-refractivity contribution in [3.8, 4) is 0 Å². The molecule has 1 aromatic heterocycles. The zero-order valence-electron chi connectivity index (χ0n) is 13.6. The third kappa shape index (κ3) is 4.07. The molecule has 0 spiro atoms. The van der Waals surface area contributed by atoms with Gasteiger partial charge in [-0.05, 0) is 5.56 Å². The molecule has 24 heavy (non-hydrogen) atoms. The van der Waals surface area contributed by atoms with E-state index in [9.17, 15) is 9.59 Å². The summed E-state index contributed by atoms with van der Waals surface area (Å²) in [7, 11) is 1.64. The Morgan fingerprint density at radius 1 is 1.21 bits per heavy atom. The van der Waals surface area contributed by atoms with Crippen LogP contribution in [0.1, 0.15) is 5.56 Å². The first-order chi connectivity index (χ1) is 11.6. The molecule has 128 valence electrons. The number of rotatable bonds is 5. The molecule has 8 heteroatoms. The number of carbonyl (C=O) groups excluding carboxylic acids is 1. The predicted molar refractivity (Wildman–Crippen MR) is 92.9 cm³/mol. The van der Waals surface area contributed by atoms with Gasteiger partial charge in [0.1, 0.15) is 0 Å². The van der Waals surface area contributed by atoms with E-state index in [-0.39, 0.29) is 11.6 Å². The van der Waals surface area contributed by atoms with Crippen molar-refractivity contribution in [1.82, 2.24) is 24.6 Å². The number of nitrogens with zero attached hydrogens (tertiary/aromatic N) is 4. The fourth-order valence-corrected chi connectivity index (χ4v) is 3.50. The Labute approximate surface area is 144 Å². The van der Waals surface area contributed by atoms with Crippen molar-refractivity contribution in [3.63, 3.8) is 0 Å². The van der Waals surface area contributed by atoms with E-state index in [1.807, 2.05) is 11.0 Å². The zero-order valence-corrected chi connectivity index (χ0v) is 14.5. The molecular weight excluding hydrogens is 326 g/mol. The van der Waals surface area contributed by atoms with Gasteiger partial charge in [0.05, 0.1) is 5.75 Å². The summed E-state index contributed by atoms with van der Waals surface area (Å²) in [4.78, 5) is 27.9. The lowest BCUT2D eigenvalue weighted by Gasteiger charge is -2.34. The number of carbonyl (C=O) groups is 1. The molecule has 2 heterocycles. The molecule has 1 aliphatic rings. The highest BCUT2D eigenvalue weighted by Gasteiger charge is 2.21. The van der Waals surface area contributed by atoms with Crippen molar-refractivity contribution in [2.75, 3.05) is 31.9 Å². The van der Waals surface area contributed by atoms with E-state index < -0.39 is 0 Å². The highest BCUT2D eigenvalue weighted by Crippen LogP contribution is 2.14. The molecule has 0 saturated carbocycles. The van der Waals surface area contributed by atoms with Crippen molar-refractivity contribution in [3.05, 3.63) is 46.4 Å². The number of amides is 1. The number of aromatic nitrogens is 3. The number of piperazine rings is 1. The van der Waals surface area contributed by atoms with Crippen molar-refractivity contribution < 1.29 is 4.79 Å². The Bertz CT molecular complexity index is 734. The van der Waals surface area contributed by atoms with Gasteiger partial charge in [-0.1, -0.05) is 42.1 Å². The Morgan fingerprint density at radius 2 is 1.92 bits per heavy atom. The van der Waals surface area contributed by atoms with Crippen LogP contribution in [-0.2, 0) is 18.4 Å². The molecule has 3 rings (SSSR count). The number of aromatic amines is 1. The summed E-state index contributed by atoms with van der Waals surface area (Å²) in [6.07, 6.45) is 0. The summed E-state index contributed by atoms with van der Waals surface area (Å²) in [5.74, 6) is 0.395. The van der Waals surface area contributed by atoms with E-state index in [2.05, 4.69) is 39.4 Å². The van der Waals surface area contributed by atoms with Crippen LogP contribution in [0.5, 0.6) is 0 Å². The quantitative estimate of drug-likeness (QED) is 0.800. The minimum Gasteiger partial charge on any atom is -0.339 e. The van der Waals surface area contributed by atoms with Crippen LogP contribution >= 0.6 is 11.8 Å². The third-order valence-electron chi connectivity index (χ3n) is 4.14. The number of hydrogen-bond acceptors (Lipinski definition) is 5. The molecule has 0 atom stereocenters. The number of hydrogen-bond donors (Lipinski definition) is 1. The minimum atomic E-state index is -0.264. The van der Waals surface area contributed by atoms with Crippen molar-refractivity contribution >= 4 is 17.7 Å². The monoisotopic (exact) mass is 347 g/mol. The molecular formula is C16H21N5O2S. The Kier molecular flexibility index (Phi) is 5.37. The third-order valence-corrected chi connectivity index (χ3v) is 5.15. The summed E-state index contributed by atoms with van der Waals surface area (Å²) >= 11 is 1.29. The Morgan fingerprint density at radius 3 is 2.54 bits per heavy atom. The van der Waals surface area contributed by atoms with E-state index in [1.54, 1.807) is 7.05 Å². The first kappa shape index (κ1) is 16.8. The van der Waals surface area contributed by atoms with Crippen molar-refractivity contribution in [2.24, 2.45) is 7.05 Å². The molecule has 0 aliphatic carbocycles. The number of H-pyrrole nitrogens is 1. The van der Waals surface area contributed by atoms with E-state index in [0.29, 0.717) is 10.9 Å². The van der Waals surface area contributed by atoms with Crippen molar-refractivity contribution in [1.29, 1.82) is 0 Å². The lowest BCUT2D eigenvalue weighted by molar-refractivity contribution is -0.130. The first-order valence-electron chi connectivity index (χ1n) is 7.92. The van der Waals surface area contributed by atoms with Crippen LogP contribution in [0, 0.1) is 0 Å². The highest BCUT2D eigenvalue weighted by molar-refractivity contribution is 7.99. The molecule has 1 saturated heterocycles. The summed E-state index contributed by atoms with van der Waals surface area (Å²) in [5.41, 5.74) is 1.03. The second kappa shape index (κ2) is 7.67. The van der Waals surface area contributed by atoms with E-state index in [4.69, 9.17) is 0 Å². The van der Waals surface area contributed by atoms with Gasteiger partial charge in [-0.2, -0.15) is 0 Å². The maximum Gasteiger partial charge on any atom is 0.343 e. The van der Waals surface area contributed by atoms with E-state index >= 15 is 0 Å². The van der Waals surface area contributed by atoms with Crippen LogP contribution in [-0.4, -0.2) is 62.4 Å². The second-order valence-corrected chi connectivity index (χ2v) is 6.74. The number of nitrogens with one attached hydrogen (secondary N) is 1. The second-order valence-electron chi connectivity index (χ2n) is 5.80. The van der Waals surface area contributed by atoms with Crippen LogP contribution in [0.2, 0.25) is 0 Å². The smallest absolute Gasteiger partial charge is 0.339 e. The van der Waals surface area contributed by atoms with Crippen LogP contribution in [0.3, 0.4) is 0 Å². The topological polar surface area (TPSA) is 74.2 Å². The Balaban J connectivity index is 1.45. The standard InChI is InChI=1S/C16H21N5O2S/c1-19-15(23)17-18-16(19)24-12-14(22)21-9-7-20(8-10-21)11-13-5-3-2-4-6-13/h2-6H,7-12H2,1H3,(H,17,23). The SMILES string of the molecule is Cn1c(SCC(=O)N2CCN(Cc3ccccc3)CC2)n[nH]c1=O. The lowest BCUT2D eigenvalue weighted by Crippen LogP contribution is -2.48. The number of thioether (sulfide) groups is 1. The van der Waals surface area contributed by atoms with Gasteiger partial charge in [-0.25, -0.2) is 9.89 Å². The van der Waals surface area contributed by atoms with E-state index in [0.717, 1.165) is 32.7 Å². The van der Waals surface area contributed by atoms with Crippen molar-refractivity contribution in [2.45, 2.75) is 11.7 Å². The van der Waals surface area contributed by atoms with Gasteiger partial charge in [0.25, 0.3) is 0 Å². The molecule has 2 aromatic rings. The van der Waals surface area contributed by atoms with Crippen LogP contribution in [0.25, 0.3) is 0 Å². The molecule has 1 N–H and O–H groups in total. The minimum absolute atomic E-state index is 0.0924. The predicted octanol–water partition coefficient (Wildman–Crippen LogP) is 0.545. The van der Waals surface area contributed by atoms with Gasteiger partial charge in [0.2, 0.25) is 5.91 Å². The van der Waals surface area contributed by atoms with E-state index in [1.165, 1.54) is 21.9 Å². The Hall–Kier alpha value is -2.06. The highest BCUT2D eigenvalue weighted by atomic mass is 32.2. The molecule has 1 aliphatic heterocycles. The average molecular weight is 347 g/mol. The molecule has 1 aromatic carbocycles. The van der Waals surface area contributed by atoms with Gasteiger partial charge < -0.3 is 4.90 Å². The summed E-state index contributed by atoms with van der Waals surface area (Å²) in [6.45, 7) is 4.17. The summed E-state index contributed by atoms with van der Waals surface area (Å²) in [6, 6.07) is 10.4. The van der Waals surface area contributed by atoms with Gasteiger partial charge in [-0.15, -0.1) is 5.10 Å². The van der Waals surface area contributed by atoms with Crippen LogP contribution < -0.4 is 5.69 Å². The first-order valence-corrected chi connectivity index (χ1v) is 8.90. The van der Waals surface area contributed by atoms with Gasteiger partial charge >= 0.3 is 5.69 Å². The molecule has 0 radical (unpaired) electrons. The largest absolute Gasteiger partial charge is 0.343 e. The maximum absolute atomic E-state index is 12.3. The zero-order chi connectivity index (χ0) is 16.9. The number of benzene rings is 1. The van der Waals surface area contributed by atoms with Gasteiger partial charge in [0.15, 0.2) is 5.16 Å². The van der Waals surface area contributed by atoms with Gasteiger partial charge in [-0.3, -0.25) is 14.3 Å².